The summed E-state index contributed by atoms with van der Waals surface area (Å²) in [5.74, 6) is -0.626. The number of aryl methyl sites for hydroxylation is 1. The molecule has 3 rings (SSSR count). The van der Waals surface area contributed by atoms with Crippen molar-refractivity contribution in [3.05, 3.63) is 64.7 Å². The van der Waals surface area contributed by atoms with Crippen molar-refractivity contribution >= 4 is 33.2 Å². The summed E-state index contributed by atoms with van der Waals surface area (Å²) in [5, 5.41) is 3.28. The van der Waals surface area contributed by atoms with E-state index >= 15 is 0 Å². The van der Waals surface area contributed by atoms with E-state index in [9.17, 15) is 13.2 Å². The fourth-order valence-electron chi connectivity index (χ4n) is 3.27. The van der Waals surface area contributed by atoms with Gasteiger partial charge in [0, 0.05) is 13.1 Å². The van der Waals surface area contributed by atoms with Crippen LogP contribution in [0.25, 0.3) is 0 Å². The van der Waals surface area contributed by atoms with Crippen molar-refractivity contribution in [3.8, 4) is 0 Å². The summed E-state index contributed by atoms with van der Waals surface area (Å²) in [4.78, 5) is 12.6. The number of amides is 1. The van der Waals surface area contributed by atoms with Gasteiger partial charge in [-0.25, -0.2) is 12.7 Å². The molecule has 2 aromatic carbocycles. The van der Waals surface area contributed by atoms with Gasteiger partial charge in [-0.05, 0) is 43.0 Å². The molecule has 0 unspecified atom stereocenters. The lowest BCUT2D eigenvalue weighted by Crippen LogP contribution is -2.44. The van der Waals surface area contributed by atoms with Crippen molar-refractivity contribution in [2.24, 2.45) is 5.92 Å². The van der Waals surface area contributed by atoms with E-state index in [1.54, 1.807) is 24.3 Å². The summed E-state index contributed by atoms with van der Waals surface area (Å²) in [7, 11) is -3.48. The second-order valence-corrected chi connectivity index (χ2v) is 9.23. The lowest BCUT2D eigenvalue weighted by Gasteiger charge is -2.31. The summed E-state index contributed by atoms with van der Waals surface area (Å²) in [6, 6.07) is 14.5. The highest BCUT2D eigenvalue weighted by atomic mass is 35.5. The predicted octanol–water partition coefficient (Wildman–Crippen LogP) is 3.83. The van der Waals surface area contributed by atoms with Crippen molar-refractivity contribution < 1.29 is 13.2 Å². The average Bonchev–Trinajstić information content (AvgIpc) is 2.65. The summed E-state index contributed by atoms with van der Waals surface area (Å²) in [5.41, 5.74) is 2.29. The Kier molecular flexibility index (Phi) is 6.19. The number of piperidine rings is 1. The molecule has 0 bridgehead atoms. The van der Waals surface area contributed by atoms with Crippen LogP contribution in [0.3, 0.4) is 0 Å². The van der Waals surface area contributed by atoms with Gasteiger partial charge in [0.1, 0.15) is 0 Å². The van der Waals surface area contributed by atoms with Crippen molar-refractivity contribution in [1.29, 1.82) is 0 Å². The first kappa shape index (κ1) is 19.9. The first-order chi connectivity index (χ1) is 12.9. The number of hydrogen-bond donors (Lipinski definition) is 1. The van der Waals surface area contributed by atoms with E-state index in [1.807, 2.05) is 31.2 Å². The molecule has 0 spiro atoms. The van der Waals surface area contributed by atoms with Gasteiger partial charge in [-0.2, -0.15) is 0 Å². The molecule has 1 saturated heterocycles. The second kappa shape index (κ2) is 8.42. The number of nitrogens with one attached hydrogen (secondary N) is 1. The number of sulfonamides is 1. The molecule has 1 heterocycles. The normalized spacial score (nSPS) is 18.2. The van der Waals surface area contributed by atoms with E-state index in [1.165, 1.54) is 4.31 Å². The third kappa shape index (κ3) is 4.89. The molecule has 1 fully saturated rings. The summed E-state index contributed by atoms with van der Waals surface area (Å²) < 4.78 is 27.2. The fourth-order valence-corrected chi connectivity index (χ4v) is 5.16. The molecule has 1 N–H and O–H groups in total. The molecular formula is C20H23ClN2O3S. The van der Waals surface area contributed by atoms with Crippen molar-refractivity contribution in [2.75, 3.05) is 18.4 Å². The molecule has 27 heavy (non-hydrogen) atoms. The van der Waals surface area contributed by atoms with Crippen LogP contribution in [0.4, 0.5) is 5.69 Å². The molecule has 5 nitrogen and oxygen atoms in total. The van der Waals surface area contributed by atoms with E-state index in [0.717, 1.165) is 11.1 Å². The second-order valence-electron chi connectivity index (χ2n) is 6.85. The largest absolute Gasteiger partial charge is 0.324 e. The molecule has 1 aliphatic rings. The van der Waals surface area contributed by atoms with Crippen LogP contribution < -0.4 is 5.32 Å². The summed E-state index contributed by atoms with van der Waals surface area (Å²) in [6.45, 7) is 2.55. The molecular weight excluding hydrogens is 384 g/mol. The minimum Gasteiger partial charge on any atom is -0.324 e. The van der Waals surface area contributed by atoms with Crippen LogP contribution in [0.2, 0.25) is 5.02 Å². The van der Waals surface area contributed by atoms with Crippen LogP contribution in [0.15, 0.2) is 48.5 Å². The molecule has 144 valence electrons. The van der Waals surface area contributed by atoms with Crippen LogP contribution in [0.5, 0.6) is 0 Å². The number of nitrogens with zero attached hydrogens (tertiary/aromatic N) is 1. The third-order valence-corrected chi connectivity index (χ3v) is 7.00. The number of para-hydroxylation sites is 1. The Labute approximate surface area is 165 Å². The number of rotatable bonds is 5. The Hall–Kier alpha value is -1.89. The van der Waals surface area contributed by atoms with Gasteiger partial charge in [-0.3, -0.25) is 4.79 Å². The molecule has 1 amide bonds. The Bertz CT molecular complexity index is 930. The quantitative estimate of drug-likeness (QED) is 0.820. The lowest BCUT2D eigenvalue weighted by molar-refractivity contribution is -0.120. The van der Waals surface area contributed by atoms with Crippen LogP contribution in [0.1, 0.15) is 24.0 Å². The highest BCUT2D eigenvalue weighted by molar-refractivity contribution is 7.88. The van der Waals surface area contributed by atoms with Gasteiger partial charge in [0.05, 0.1) is 22.4 Å². The molecule has 2 aromatic rings. The first-order valence-corrected chi connectivity index (χ1v) is 10.9. The molecule has 7 heteroatoms. The number of hydrogen-bond acceptors (Lipinski definition) is 3. The van der Waals surface area contributed by atoms with Gasteiger partial charge in [0.25, 0.3) is 0 Å². The minimum absolute atomic E-state index is 0.0431. The number of halogens is 1. The minimum atomic E-state index is -3.48. The van der Waals surface area contributed by atoms with E-state index in [0.29, 0.717) is 30.1 Å². The van der Waals surface area contributed by atoms with Crippen LogP contribution in [-0.4, -0.2) is 31.7 Å². The standard InChI is InChI=1S/C20H23ClN2O3S/c1-15-7-2-3-8-17(15)14-27(25,26)23-12-6-9-16(13-23)20(24)22-19-11-5-4-10-18(19)21/h2-5,7-8,10-11,16H,6,9,12-14H2,1H3,(H,22,24)/t16-/m0/s1. The third-order valence-electron chi connectivity index (χ3n) is 4.88. The molecule has 1 aliphatic heterocycles. The monoisotopic (exact) mass is 406 g/mol. The van der Waals surface area contributed by atoms with Gasteiger partial charge in [-0.15, -0.1) is 0 Å². The van der Waals surface area contributed by atoms with Gasteiger partial charge >= 0.3 is 0 Å². The van der Waals surface area contributed by atoms with E-state index in [2.05, 4.69) is 5.32 Å². The smallest absolute Gasteiger partial charge is 0.228 e. The summed E-state index contributed by atoms with van der Waals surface area (Å²) >= 11 is 6.09. The van der Waals surface area contributed by atoms with Crippen LogP contribution in [-0.2, 0) is 20.6 Å². The first-order valence-electron chi connectivity index (χ1n) is 8.94. The van der Waals surface area contributed by atoms with Crippen molar-refractivity contribution in [1.82, 2.24) is 4.31 Å². The molecule has 0 aliphatic carbocycles. The number of anilines is 1. The zero-order chi connectivity index (χ0) is 19.4. The SMILES string of the molecule is Cc1ccccc1CS(=O)(=O)N1CCC[C@H](C(=O)Nc2ccccc2Cl)C1. The lowest BCUT2D eigenvalue weighted by atomic mass is 9.99. The zero-order valence-electron chi connectivity index (χ0n) is 15.2. The van der Waals surface area contributed by atoms with Crippen molar-refractivity contribution in [3.63, 3.8) is 0 Å². The number of carbonyl (C=O) groups excluding carboxylic acids is 1. The molecule has 0 radical (unpaired) electrons. The van der Waals surface area contributed by atoms with Crippen molar-refractivity contribution in [2.45, 2.75) is 25.5 Å². The molecule has 0 aromatic heterocycles. The Morgan fingerprint density at radius 1 is 1.19 bits per heavy atom. The van der Waals surface area contributed by atoms with Gasteiger partial charge < -0.3 is 5.32 Å². The van der Waals surface area contributed by atoms with Crippen LogP contribution >= 0.6 is 11.6 Å². The fraction of sp³-hybridized carbons (Fsp3) is 0.350. The van der Waals surface area contributed by atoms with Gasteiger partial charge in [0.2, 0.25) is 15.9 Å². The zero-order valence-corrected chi connectivity index (χ0v) is 16.8. The molecule has 0 saturated carbocycles. The average molecular weight is 407 g/mol. The van der Waals surface area contributed by atoms with Gasteiger partial charge in [0.15, 0.2) is 0 Å². The Balaban J connectivity index is 1.69. The maximum Gasteiger partial charge on any atom is 0.228 e. The van der Waals surface area contributed by atoms with E-state index < -0.39 is 10.0 Å². The van der Waals surface area contributed by atoms with Crippen LogP contribution in [0, 0.1) is 12.8 Å². The predicted molar refractivity (Wildman–Crippen MR) is 108 cm³/mol. The number of benzene rings is 2. The highest BCUT2D eigenvalue weighted by Gasteiger charge is 2.32. The molecule has 1 atom stereocenters. The summed E-state index contributed by atoms with van der Waals surface area (Å²) in [6.07, 6.45) is 1.32. The maximum atomic E-state index is 12.9. The number of carbonyl (C=O) groups is 1. The Morgan fingerprint density at radius 2 is 1.89 bits per heavy atom. The van der Waals surface area contributed by atoms with E-state index in [4.69, 9.17) is 11.6 Å². The highest BCUT2D eigenvalue weighted by Crippen LogP contribution is 2.25. The van der Waals surface area contributed by atoms with Gasteiger partial charge in [-0.1, -0.05) is 48.0 Å². The maximum absolute atomic E-state index is 12.9. The Morgan fingerprint density at radius 3 is 2.63 bits per heavy atom. The van der Waals surface area contributed by atoms with E-state index in [-0.39, 0.29) is 24.1 Å². The topological polar surface area (TPSA) is 66.5 Å².